The van der Waals surface area contributed by atoms with Gasteiger partial charge in [-0.25, -0.2) is 0 Å². The number of nitrogens with zero attached hydrogens (tertiary/aromatic N) is 2. The summed E-state index contributed by atoms with van der Waals surface area (Å²) in [4.78, 5) is 18.8. The molecule has 1 unspecified atom stereocenters. The highest BCUT2D eigenvalue weighted by Gasteiger charge is 2.28. The number of ether oxygens (including phenoxy) is 1. The lowest BCUT2D eigenvalue weighted by Gasteiger charge is -2.28. The molecule has 1 aromatic heterocycles. The lowest BCUT2D eigenvalue weighted by molar-refractivity contribution is -0.137. The molecule has 0 bridgehead atoms. The summed E-state index contributed by atoms with van der Waals surface area (Å²) in [5.41, 5.74) is 1.13. The fraction of sp³-hybridized carbons (Fsp3) is 0.529. The smallest absolute Gasteiger partial charge is 0.226 e. The van der Waals surface area contributed by atoms with Crippen LogP contribution in [0, 0.1) is 5.92 Å². The zero-order valence-corrected chi connectivity index (χ0v) is 12.3. The van der Waals surface area contributed by atoms with Crippen molar-refractivity contribution in [2.75, 3.05) is 13.2 Å². The second-order valence-electron chi connectivity index (χ2n) is 5.85. The molecular weight excluding hydrogens is 264 g/mol. The van der Waals surface area contributed by atoms with Gasteiger partial charge in [0.05, 0.1) is 6.10 Å². The van der Waals surface area contributed by atoms with Gasteiger partial charge in [0, 0.05) is 38.0 Å². The molecule has 3 rings (SSSR count). The Balaban J connectivity index is 1.68. The van der Waals surface area contributed by atoms with E-state index in [1.54, 1.807) is 12.4 Å². The lowest BCUT2D eigenvalue weighted by Crippen LogP contribution is -2.40. The van der Waals surface area contributed by atoms with Gasteiger partial charge in [0.2, 0.25) is 5.91 Å². The Kier molecular flexibility index (Phi) is 4.65. The summed E-state index contributed by atoms with van der Waals surface area (Å²) in [6.45, 7) is 2.18. The van der Waals surface area contributed by atoms with E-state index in [1.807, 2.05) is 17.0 Å². The van der Waals surface area contributed by atoms with Crippen LogP contribution in [-0.2, 0) is 16.1 Å². The molecule has 0 radical (unpaired) electrons. The van der Waals surface area contributed by atoms with Crippen LogP contribution in [0.2, 0.25) is 0 Å². The summed E-state index contributed by atoms with van der Waals surface area (Å²) in [6, 6.07) is 3.95. The molecule has 21 heavy (non-hydrogen) atoms. The van der Waals surface area contributed by atoms with Crippen LogP contribution in [0.4, 0.5) is 0 Å². The number of aromatic nitrogens is 1. The summed E-state index contributed by atoms with van der Waals surface area (Å²) in [6.07, 6.45) is 11.9. The highest BCUT2D eigenvalue weighted by Crippen LogP contribution is 2.23. The molecule has 2 aliphatic rings. The van der Waals surface area contributed by atoms with Crippen molar-refractivity contribution in [3.63, 3.8) is 0 Å². The van der Waals surface area contributed by atoms with Crippen LogP contribution < -0.4 is 0 Å². The maximum absolute atomic E-state index is 12.8. The third kappa shape index (κ3) is 3.70. The van der Waals surface area contributed by atoms with Crippen LogP contribution in [0.5, 0.6) is 0 Å². The fourth-order valence-electron chi connectivity index (χ4n) is 3.05. The summed E-state index contributed by atoms with van der Waals surface area (Å²) < 4.78 is 5.71. The predicted octanol–water partition coefficient (Wildman–Crippen LogP) is 2.56. The largest absolute Gasteiger partial charge is 0.376 e. The first-order valence-corrected chi connectivity index (χ1v) is 7.77. The van der Waals surface area contributed by atoms with E-state index < -0.39 is 0 Å². The van der Waals surface area contributed by atoms with Crippen molar-refractivity contribution in [3.8, 4) is 0 Å². The molecule has 0 N–H and O–H groups in total. The molecule has 1 aliphatic heterocycles. The van der Waals surface area contributed by atoms with Crippen molar-refractivity contribution in [1.82, 2.24) is 9.88 Å². The molecular formula is C17H22N2O2. The van der Waals surface area contributed by atoms with Crippen molar-refractivity contribution in [2.45, 2.75) is 38.3 Å². The molecule has 1 amide bonds. The number of rotatable bonds is 5. The number of hydrogen-bond donors (Lipinski definition) is 0. The Labute approximate surface area is 125 Å². The van der Waals surface area contributed by atoms with E-state index in [9.17, 15) is 4.79 Å². The molecule has 0 saturated carbocycles. The van der Waals surface area contributed by atoms with Gasteiger partial charge in [-0.05, 0) is 43.4 Å². The van der Waals surface area contributed by atoms with Crippen LogP contribution in [0.15, 0.2) is 36.7 Å². The number of amides is 1. The van der Waals surface area contributed by atoms with Crippen molar-refractivity contribution in [3.05, 3.63) is 42.2 Å². The van der Waals surface area contributed by atoms with Gasteiger partial charge in [-0.15, -0.1) is 0 Å². The van der Waals surface area contributed by atoms with Crippen molar-refractivity contribution in [1.29, 1.82) is 0 Å². The molecule has 1 aromatic rings. The topological polar surface area (TPSA) is 42.4 Å². The molecule has 2 heterocycles. The first-order valence-electron chi connectivity index (χ1n) is 7.77. The minimum absolute atomic E-state index is 0.119. The Morgan fingerprint density at radius 1 is 1.29 bits per heavy atom. The number of carbonyl (C=O) groups excluding carboxylic acids is 1. The van der Waals surface area contributed by atoms with E-state index in [0.29, 0.717) is 13.1 Å². The van der Waals surface area contributed by atoms with Crippen LogP contribution in [-0.4, -0.2) is 35.0 Å². The van der Waals surface area contributed by atoms with Crippen molar-refractivity contribution >= 4 is 5.91 Å². The van der Waals surface area contributed by atoms with Crippen LogP contribution in [0.25, 0.3) is 0 Å². The van der Waals surface area contributed by atoms with E-state index in [4.69, 9.17) is 4.74 Å². The Hall–Kier alpha value is -1.68. The van der Waals surface area contributed by atoms with Crippen LogP contribution in [0.3, 0.4) is 0 Å². The molecule has 0 aromatic carbocycles. The number of carbonyl (C=O) groups is 1. The number of hydrogen-bond acceptors (Lipinski definition) is 3. The molecule has 0 spiro atoms. The average Bonchev–Trinajstić information content (AvgIpc) is 3.20. The number of pyridine rings is 1. The lowest BCUT2D eigenvalue weighted by atomic mass is 10.0. The van der Waals surface area contributed by atoms with E-state index >= 15 is 0 Å². The first-order chi connectivity index (χ1) is 10.3. The SMILES string of the molecule is O=C(C1CC=CC1)N(Cc1ccncc1)CC1CCCO1. The summed E-state index contributed by atoms with van der Waals surface area (Å²) in [7, 11) is 0. The van der Waals surface area contributed by atoms with Crippen molar-refractivity contribution in [2.24, 2.45) is 5.92 Å². The van der Waals surface area contributed by atoms with Crippen molar-refractivity contribution < 1.29 is 9.53 Å². The third-order valence-corrected chi connectivity index (χ3v) is 4.24. The third-order valence-electron chi connectivity index (χ3n) is 4.24. The molecule has 112 valence electrons. The van der Waals surface area contributed by atoms with Gasteiger partial charge in [-0.2, -0.15) is 0 Å². The van der Waals surface area contributed by atoms with Gasteiger partial charge in [0.25, 0.3) is 0 Å². The monoisotopic (exact) mass is 286 g/mol. The van der Waals surface area contributed by atoms with Gasteiger partial charge in [-0.3, -0.25) is 9.78 Å². The standard InChI is InChI=1S/C17H22N2O2/c20-17(15-4-1-2-5-15)19(13-16-6-3-11-21-16)12-14-7-9-18-10-8-14/h1-2,7-10,15-16H,3-6,11-13H2. The van der Waals surface area contributed by atoms with Crippen LogP contribution >= 0.6 is 0 Å². The van der Waals surface area contributed by atoms with E-state index in [1.165, 1.54) is 0 Å². The highest BCUT2D eigenvalue weighted by atomic mass is 16.5. The molecule has 1 fully saturated rings. The highest BCUT2D eigenvalue weighted by molar-refractivity contribution is 5.79. The van der Waals surface area contributed by atoms with Gasteiger partial charge >= 0.3 is 0 Å². The minimum Gasteiger partial charge on any atom is -0.376 e. The molecule has 1 atom stereocenters. The quantitative estimate of drug-likeness (QED) is 0.781. The maximum atomic E-state index is 12.8. The minimum atomic E-state index is 0.119. The zero-order chi connectivity index (χ0) is 14.5. The van der Waals surface area contributed by atoms with Crippen LogP contribution in [0.1, 0.15) is 31.2 Å². The van der Waals surface area contributed by atoms with E-state index in [2.05, 4.69) is 17.1 Å². The zero-order valence-electron chi connectivity index (χ0n) is 12.3. The van der Waals surface area contributed by atoms with Gasteiger partial charge in [-0.1, -0.05) is 12.2 Å². The van der Waals surface area contributed by atoms with Gasteiger partial charge < -0.3 is 9.64 Å². The Bertz CT molecular complexity index is 487. The Morgan fingerprint density at radius 3 is 2.71 bits per heavy atom. The first kappa shape index (κ1) is 14.3. The molecule has 4 nitrogen and oxygen atoms in total. The molecule has 1 aliphatic carbocycles. The van der Waals surface area contributed by atoms with Gasteiger partial charge in [0.15, 0.2) is 0 Å². The average molecular weight is 286 g/mol. The second kappa shape index (κ2) is 6.85. The molecule has 1 saturated heterocycles. The maximum Gasteiger partial charge on any atom is 0.226 e. The van der Waals surface area contributed by atoms with Gasteiger partial charge in [0.1, 0.15) is 0 Å². The normalized spacial score (nSPS) is 21.8. The summed E-state index contributed by atoms with van der Waals surface area (Å²) in [5, 5.41) is 0. The fourth-order valence-corrected chi connectivity index (χ4v) is 3.05. The van der Waals surface area contributed by atoms with E-state index in [-0.39, 0.29) is 17.9 Å². The second-order valence-corrected chi connectivity index (χ2v) is 5.85. The number of allylic oxidation sites excluding steroid dienone is 2. The van der Waals surface area contributed by atoms with E-state index in [0.717, 1.165) is 37.9 Å². The Morgan fingerprint density at radius 2 is 2.05 bits per heavy atom. The summed E-state index contributed by atoms with van der Waals surface area (Å²) >= 11 is 0. The predicted molar refractivity (Wildman–Crippen MR) is 80.5 cm³/mol. The summed E-state index contributed by atoms with van der Waals surface area (Å²) in [5.74, 6) is 0.376. The molecule has 4 heteroatoms.